The molecule has 1 aliphatic rings. The molecule has 0 spiro atoms. The van der Waals surface area contributed by atoms with E-state index in [1.165, 1.54) is 0 Å². The second-order valence-electron chi connectivity index (χ2n) is 7.97. The van der Waals surface area contributed by atoms with Crippen molar-refractivity contribution in [2.45, 2.75) is 32.5 Å². The quantitative estimate of drug-likeness (QED) is 0.383. The van der Waals surface area contributed by atoms with Gasteiger partial charge >= 0.3 is 0 Å². The van der Waals surface area contributed by atoms with Crippen LogP contribution in [-0.2, 0) is 6.54 Å². The molecule has 0 saturated carbocycles. The van der Waals surface area contributed by atoms with Crippen LogP contribution in [-0.4, -0.2) is 30.6 Å². The highest BCUT2D eigenvalue weighted by molar-refractivity contribution is 9.10. The number of fused-ring (bicyclic) bond motifs is 1. The summed E-state index contributed by atoms with van der Waals surface area (Å²) in [6.45, 7) is 4.86. The molecule has 1 heterocycles. The molecule has 3 aromatic carbocycles. The van der Waals surface area contributed by atoms with Gasteiger partial charge in [-0.1, -0.05) is 28.1 Å². The second kappa shape index (κ2) is 9.65. The highest BCUT2D eigenvalue weighted by atomic mass is 79.9. The number of carbonyl (C=O) groups excluding carboxylic acids is 1. The van der Waals surface area contributed by atoms with Crippen LogP contribution >= 0.6 is 15.9 Å². The van der Waals surface area contributed by atoms with Crippen molar-refractivity contribution < 1.29 is 19.0 Å². The van der Waals surface area contributed by atoms with Crippen molar-refractivity contribution in [2.75, 3.05) is 13.7 Å². The number of halogens is 1. The number of amides is 1. The van der Waals surface area contributed by atoms with E-state index in [1.54, 1.807) is 7.11 Å². The first kappa shape index (κ1) is 22.2. The zero-order chi connectivity index (χ0) is 22.7. The van der Waals surface area contributed by atoms with Crippen LogP contribution in [0.3, 0.4) is 0 Å². The van der Waals surface area contributed by atoms with Gasteiger partial charge in [-0.2, -0.15) is 0 Å². The summed E-state index contributed by atoms with van der Waals surface area (Å²) in [5, 5.41) is 0. The normalized spacial score (nSPS) is 13.8. The van der Waals surface area contributed by atoms with Crippen LogP contribution in [0.15, 0.2) is 71.2 Å². The SMILES string of the molecule is COc1ccc(OCC(c2ccc(OC(C)C)cc2)N2Cc3cc(Br)ccc3C2=O)cc1. The smallest absolute Gasteiger partial charge is 0.255 e. The van der Waals surface area contributed by atoms with Gasteiger partial charge in [-0.15, -0.1) is 0 Å². The van der Waals surface area contributed by atoms with Crippen LogP contribution in [0, 0.1) is 0 Å². The predicted molar refractivity (Wildman–Crippen MR) is 127 cm³/mol. The Bertz CT molecular complexity index is 1080. The first-order valence-electron chi connectivity index (χ1n) is 10.6. The third-order valence-corrected chi connectivity index (χ3v) is 5.87. The summed E-state index contributed by atoms with van der Waals surface area (Å²) in [6.07, 6.45) is 0.100. The Morgan fingerprint density at radius 2 is 1.59 bits per heavy atom. The molecule has 0 N–H and O–H groups in total. The van der Waals surface area contributed by atoms with E-state index >= 15 is 0 Å². The molecule has 4 rings (SSSR count). The van der Waals surface area contributed by atoms with E-state index in [2.05, 4.69) is 15.9 Å². The third kappa shape index (κ3) is 4.91. The number of rotatable bonds is 8. The Balaban J connectivity index is 1.59. The topological polar surface area (TPSA) is 48.0 Å². The predicted octanol–water partition coefficient (Wildman–Crippen LogP) is 6.02. The van der Waals surface area contributed by atoms with E-state index in [1.807, 2.05) is 85.5 Å². The Hall–Kier alpha value is -2.99. The lowest BCUT2D eigenvalue weighted by atomic mass is 10.1. The lowest BCUT2D eigenvalue weighted by Gasteiger charge is -2.28. The van der Waals surface area contributed by atoms with Gasteiger partial charge in [0.25, 0.3) is 5.91 Å². The summed E-state index contributed by atoms with van der Waals surface area (Å²) in [7, 11) is 1.63. The molecule has 0 saturated heterocycles. The molecule has 1 unspecified atom stereocenters. The molecule has 1 atom stereocenters. The van der Waals surface area contributed by atoms with Gasteiger partial charge in [0.05, 0.1) is 19.3 Å². The number of hydrogen-bond donors (Lipinski definition) is 0. The summed E-state index contributed by atoms with van der Waals surface area (Å²) in [6, 6.07) is 20.9. The highest BCUT2D eigenvalue weighted by Gasteiger charge is 2.34. The molecule has 0 radical (unpaired) electrons. The maximum Gasteiger partial charge on any atom is 0.255 e. The zero-order valence-electron chi connectivity index (χ0n) is 18.4. The maximum atomic E-state index is 13.2. The highest BCUT2D eigenvalue weighted by Crippen LogP contribution is 2.34. The molecule has 32 heavy (non-hydrogen) atoms. The summed E-state index contributed by atoms with van der Waals surface area (Å²) in [5.74, 6) is 2.31. The summed E-state index contributed by atoms with van der Waals surface area (Å²) in [4.78, 5) is 15.1. The van der Waals surface area contributed by atoms with Gasteiger partial charge < -0.3 is 19.1 Å². The number of carbonyl (C=O) groups is 1. The van der Waals surface area contributed by atoms with Crippen molar-refractivity contribution in [1.29, 1.82) is 0 Å². The number of hydrogen-bond acceptors (Lipinski definition) is 4. The fourth-order valence-electron chi connectivity index (χ4n) is 3.82. The minimum absolute atomic E-state index is 0.0123. The standard InChI is InChI=1S/C26H26BrNO4/c1-17(2)32-23-7-4-18(5-8-23)25(16-31-22-11-9-21(30-3)10-12-22)28-15-19-14-20(27)6-13-24(19)26(28)29/h4-14,17,25H,15-16H2,1-3H3. The zero-order valence-corrected chi connectivity index (χ0v) is 20.0. The van der Waals surface area contributed by atoms with E-state index in [9.17, 15) is 4.79 Å². The molecule has 0 bridgehead atoms. The maximum absolute atomic E-state index is 13.2. The first-order chi connectivity index (χ1) is 15.4. The molecule has 0 fully saturated rings. The number of benzene rings is 3. The van der Waals surface area contributed by atoms with Gasteiger partial charge in [-0.25, -0.2) is 0 Å². The van der Waals surface area contributed by atoms with Gasteiger partial charge in [0, 0.05) is 16.6 Å². The number of nitrogens with zero attached hydrogens (tertiary/aromatic N) is 1. The van der Waals surface area contributed by atoms with Crippen LogP contribution in [0.4, 0.5) is 0 Å². The van der Waals surface area contributed by atoms with Crippen molar-refractivity contribution in [2.24, 2.45) is 0 Å². The van der Waals surface area contributed by atoms with Gasteiger partial charge in [-0.05, 0) is 79.6 Å². The van der Waals surface area contributed by atoms with Crippen molar-refractivity contribution in [3.05, 3.63) is 87.9 Å². The van der Waals surface area contributed by atoms with Gasteiger partial charge in [0.1, 0.15) is 23.9 Å². The second-order valence-corrected chi connectivity index (χ2v) is 8.89. The average Bonchev–Trinajstić information content (AvgIpc) is 3.10. The van der Waals surface area contributed by atoms with Crippen LogP contribution in [0.25, 0.3) is 0 Å². The Labute approximate surface area is 197 Å². The minimum atomic E-state index is -0.246. The van der Waals surface area contributed by atoms with E-state index in [0.717, 1.165) is 38.4 Å². The van der Waals surface area contributed by atoms with E-state index in [0.29, 0.717) is 13.2 Å². The lowest BCUT2D eigenvalue weighted by Crippen LogP contribution is -2.33. The molecule has 1 amide bonds. The fraction of sp³-hybridized carbons (Fsp3) is 0.269. The summed E-state index contributed by atoms with van der Waals surface area (Å²) < 4.78 is 18.1. The van der Waals surface area contributed by atoms with Crippen molar-refractivity contribution in [1.82, 2.24) is 4.90 Å². The molecule has 1 aliphatic heterocycles. The molecule has 166 valence electrons. The van der Waals surface area contributed by atoms with Crippen LogP contribution in [0.2, 0.25) is 0 Å². The fourth-order valence-corrected chi connectivity index (χ4v) is 4.23. The van der Waals surface area contributed by atoms with E-state index < -0.39 is 0 Å². The summed E-state index contributed by atoms with van der Waals surface area (Å²) in [5.41, 5.74) is 2.75. The Morgan fingerprint density at radius 3 is 2.25 bits per heavy atom. The van der Waals surface area contributed by atoms with Crippen LogP contribution < -0.4 is 14.2 Å². The van der Waals surface area contributed by atoms with E-state index in [4.69, 9.17) is 14.2 Å². The number of methoxy groups -OCH3 is 1. The lowest BCUT2D eigenvalue weighted by molar-refractivity contribution is 0.0635. The molecule has 5 nitrogen and oxygen atoms in total. The monoisotopic (exact) mass is 495 g/mol. The molecular formula is C26H26BrNO4. The molecular weight excluding hydrogens is 470 g/mol. The summed E-state index contributed by atoms with van der Waals surface area (Å²) >= 11 is 3.51. The average molecular weight is 496 g/mol. The largest absolute Gasteiger partial charge is 0.497 e. The van der Waals surface area contributed by atoms with Gasteiger partial charge in [-0.3, -0.25) is 4.79 Å². The molecule has 0 aliphatic carbocycles. The molecule has 6 heteroatoms. The van der Waals surface area contributed by atoms with E-state index in [-0.39, 0.29) is 18.1 Å². The van der Waals surface area contributed by atoms with Crippen molar-refractivity contribution in [3.8, 4) is 17.2 Å². The Kier molecular flexibility index (Phi) is 6.70. The van der Waals surface area contributed by atoms with Crippen LogP contribution in [0.5, 0.6) is 17.2 Å². The van der Waals surface area contributed by atoms with Crippen LogP contribution in [0.1, 0.15) is 41.4 Å². The van der Waals surface area contributed by atoms with Crippen molar-refractivity contribution >= 4 is 21.8 Å². The van der Waals surface area contributed by atoms with Gasteiger partial charge in [0.2, 0.25) is 0 Å². The van der Waals surface area contributed by atoms with Crippen molar-refractivity contribution in [3.63, 3.8) is 0 Å². The van der Waals surface area contributed by atoms with Gasteiger partial charge in [0.15, 0.2) is 0 Å². The minimum Gasteiger partial charge on any atom is -0.497 e. The Morgan fingerprint density at radius 1 is 0.938 bits per heavy atom. The molecule has 3 aromatic rings. The molecule has 0 aromatic heterocycles. The number of ether oxygens (including phenoxy) is 3. The first-order valence-corrected chi connectivity index (χ1v) is 11.4. The third-order valence-electron chi connectivity index (χ3n) is 5.38.